The van der Waals surface area contributed by atoms with Gasteiger partial charge in [-0.05, 0) is 18.6 Å². The van der Waals surface area contributed by atoms with Crippen LogP contribution in [0.3, 0.4) is 0 Å². The van der Waals surface area contributed by atoms with Gasteiger partial charge in [0.15, 0.2) is 5.95 Å². The number of nitrogens with zero attached hydrogens (tertiary/aromatic N) is 1. The summed E-state index contributed by atoms with van der Waals surface area (Å²) < 4.78 is 5.30. The van der Waals surface area contributed by atoms with Crippen molar-refractivity contribution in [1.29, 1.82) is 0 Å². The van der Waals surface area contributed by atoms with E-state index in [1.165, 1.54) is 0 Å². The molecule has 0 fully saturated rings. The first-order valence-corrected chi connectivity index (χ1v) is 4.67. The molecular weight excluding hydrogens is 190 g/mol. The lowest BCUT2D eigenvalue weighted by Gasteiger charge is -2.09. The molecule has 0 atom stereocenters. The maximum Gasteiger partial charge on any atom is 0.197 e. The highest BCUT2D eigenvalue weighted by Crippen LogP contribution is 2.31. The number of nitrogen functional groups attached to an aromatic ring is 1. The molecule has 1 aromatic carbocycles. The Bertz CT molecular complexity index is 476. The van der Waals surface area contributed by atoms with Gasteiger partial charge in [0.05, 0.1) is 19.0 Å². The van der Waals surface area contributed by atoms with Crippen LogP contribution in [0.5, 0.6) is 5.75 Å². The van der Waals surface area contributed by atoms with Gasteiger partial charge in [0, 0.05) is 5.56 Å². The molecule has 0 aliphatic rings. The molecular formula is C11H13N3O. The minimum atomic E-state index is 0.412. The molecule has 2 rings (SSSR count). The Hall–Kier alpha value is -1.97. The number of aromatic amines is 1. The molecule has 1 heterocycles. The van der Waals surface area contributed by atoms with Crippen molar-refractivity contribution in [1.82, 2.24) is 9.97 Å². The van der Waals surface area contributed by atoms with E-state index in [2.05, 4.69) is 9.97 Å². The number of benzene rings is 1. The van der Waals surface area contributed by atoms with Gasteiger partial charge in [-0.25, -0.2) is 4.98 Å². The maximum atomic E-state index is 5.55. The number of aromatic nitrogens is 2. The summed E-state index contributed by atoms with van der Waals surface area (Å²) in [6.07, 6.45) is 1.71. The highest BCUT2D eigenvalue weighted by atomic mass is 16.5. The van der Waals surface area contributed by atoms with Crippen LogP contribution in [0.15, 0.2) is 24.4 Å². The van der Waals surface area contributed by atoms with E-state index in [1.54, 1.807) is 13.3 Å². The number of anilines is 1. The molecule has 15 heavy (non-hydrogen) atoms. The lowest BCUT2D eigenvalue weighted by atomic mass is 10.1. The third kappa shape index (κ3) is 1.66. The number of nitrogens with one attached hydrogen (secondary N) is 1. The Labute approximate surface area is 88.1 Å². The van der Waals surface area contributed by atoms with Crippen LogP contribution in [0.25, 0.3) is 11.3 Å². The fourth-order valence-electron chi connectivity index (χ4n) is 1.62. The van der Waals surface area contributed by atoms with Crippen molar-refractivity contribution >= 4 is 5.95 Å². The Morgan fingerprint density at radius 1 is 1.40 bits per heavy atom. The SMILES string of the molecule is COc1cccc(C)c1-c1cnc(N)[nH]1. The zero-order valence-corrected chi connectivity index (χ0v) is 8.74. The van der Waals surface area contributed by atoms with Crippen LogP contribution in [0.1, 0.15) is 5.56 Å². The molecule has 1 aromatic heterocycles. The van der Waals surface area contributed by atoms with Crippen molar-refractivity contribution in [2.24, 2.45) is 0 Å². The van der Waals surface area contributed by atoms with Gasteiger partial charge in [-0.2, -0.15) is 0 Å². The van der Waals surface area contributed by atoms with Crippen LogP contribution in [0.2, 0.25) is 0 Å². The third-order valence-electron chi connectivity index (χ3n) is 2.32. The monoisotopic (exact) mass is 203 g/mol. The molecule has 78 valence electrons. The van der Waals surface area contributed by atoms with Crippen molar-refractivity contribution in [3.8, 4) is 17.0 Å². The number of ether oxygens (including phenoxy) is 1. The average molecular weight is 203 g/mol. The first-order chi connectivity index (χ1) is 7.22. The first kappa shape index (κ1) is 9.58. The van der Waals surface area contributed by atoms with Crippen LogP contribution in [-0.2, 0) is 0 Å². The predicted molar refractivity (Wildman–Crippen MR) is 59.7 cm³/mol. The minimum Gasteiger partial charge on any atom is -0.496 e. The molecule has 0 amide bonds. The summed E-state index contributed by atoms with van der Waals surface area (Å²) in [4.78, 5) is 6.97. The first-order valence-electron chi connectivity index (χ1n) is 4.67. The molecule has 4 nitrogen and oxygen atoms in total. The number of hydrogen-bond acceptors (Lipinski definition) is 3. The molecule has 0 aliphatic heterocycles. The highest BCUT2D eigenvalue weighted by molar-refractivity contribution is 5.71. The number of rotatable bonds is 2. The zero-order valence-electron chi connectivity index (χ0n) is 8.74. The third-order valence-corrected chi connectivity index (χ3v) is 2.32. The van der Waals surface area contributed by atoms with Gasteiger partial charge in [-0.3, -0.25) is 0 Å². The second-order valence-corrected chi connectivity index (χ2v) is 3.33. The summed E-state index contributed by atoms with van der Waals surface area (Å²) in [5.41, 5.74) is 8.55. The fourth-order valence-corrected chi connectivity index (χ4v) is 1.62. The topological polar surface area (TPSA) is 63.9 Å². The Morgan fingerprint density at radius 3 is 2.80 bits per heavy atom. The number of nitrogens with two attached hydrogens (primary N) is 1. The summed E-state index contributed by atoms with van der Waals surface area (Å²) in [5, 5.41) is 0. The molecule has 2 aromatic rings. The molecule has 0 radical (unpaired) electrons. The van der Waals surface area contributed by atoms with Crippen LogP contribution in [0, 0.1) is 6.92 Å². The molecule has 0 bridgehead atoms. The van der Waals surface area contributed by atoms with Gasteiger partial charge in [-0.1, -0.05) is 12.1 Å². The Morgan fingerprint density at radius 2 is 2.20 bits per heavy atom. The van der Waals surface area contributed by atoms with Crippen molar-refractivity contribution < 1.29 is 4.74 Å². The van der Waals surface area contributed by atoms with Gasteiger partial charge >= 0.3 is 0 Å². The molecule has 0 spiro atoms. The van der Waals surface area contributed by atoms with E-state index in [4.69, 9.17) is 10.5 Å². The maximum absolute atomic E-state index is 5.55. The van der Waals surface area contributed by atoms with E-state index >= 15 is 0 Å². The highest BCUT2D eigenvalue weighted by Gasteiger charge is 2.10. The smallest absolute Gasteiger partial charge is 0.197 e. The number of imidazole rings is 1. The molecule has 0 unspecified atom stereocenters. The summed E-state index contributed by atoms with van der Waals surface area (Å²) >= 11 is 0. The van der Waals surface area contributed by atoms with Crippen LogP contribution >= 0.6 is 0 Å². The fraction of sp³-hybridized carbons (Fsp3) is 0.182. The lowest BCUT2D eigenvalue weighted by Crippen LogP contribution is -1.91. The normalized spacial score (nSPS) is 10.3. The van der Waals surface area contributed by atoms with Gasteiger partial charge in [0.25, 0.3) is 0 Å². The second kappa shape index (κ2) is 3.65. The van der Waals surface area contributed by atoms with Crippen LogP contribution in [-0.4, -0.2) is 17.1 Å². The Balaban J connectivity index is 2.60. The predicted octanol–water partition coefficient (Wildman–Crippen LogP) is 1.98. The summed E-state index contributed by atoms with van der Waals surface area (Å²) in [6, 6.07) is 5.89. The van der Waals surface area contributed by atoms with Gasteiger partial charge in [0.1, 0.15) is 5.75 Å². The quantitative estimate of drug-likeness (QED) is 0.784. The van der Waals surface area contributed by atoms with Gasteiger partial charge in [0.2, 0.25) is 0 Å². The molecule has 0 aliphatic carbocycles. The number of aryl methyl sites for hydroxylation is 1. The molecule has 3 N–H and O–H groups in total. The van der Waals surface area contributed by atoms with E-state index in [9.17, 15) is 0 Å². The van der Waals surface area contributed by atoms with Crippen molar-refractivity contribution in [2.45, 2.75) is 6.92 Å². The van der Waals surface area contributed by atoms with E-state index < -0.39 is 0 Å². The van der Waals surface area contributed by atoms with E-state index in [0.29, 0.717) is 5.95 Å². The summed E-state index contributed by atoms with van der Waals surface area (Å²) in [7, 11) is 1.65. The molecule has 0 saturated heterocycles. The van der Waals surface area contributed by atoms with E-state index in [-0.39, 0.29) is 0 Å². The molecule has 4 heteroatoms. The Kier molecular flexibility index (Phi) is 2.33. The lowest BCUT2D eigenvalue weighted by molar-refractivity contribution is 0.416. The second-order valence-electron chi connectivity index (χ2n) is 3.33. The van der Waals surface area contributed by atoms with Crippen molar-refractivity contribution in [2.75, 3.05) is 12.8 Å². The number of hydrogen-bond donors (Lipinski definition) is 2. The van der Waals surface area contributed by atoms with E-state index in [1.807, 2.05) is 25.1 Å². The van der Waals surface area contributed by atoms with Crippen LogP contribution < -0.4 is 10.5 Å². The van der Waals surface area contributed by atoms with Gasteiger partial charge < -0.3 is 15.5 Å². The average Bonchev–Trinajstić information content (AvgIpc) is 2.64. The standard InChI is InChI=1S/C11H13N3O/c1-7-4-3-5-9(15-2)10(7)8-6-13-11(12)14-8/h3-6H,1-2H3,(H3,12,13,14). The van der Waals surface area contributed by atoms with Crippen molar-refractivity contribution in [3.05, 3.63) is 30.0 Å². The largest absolute Gasteiger partial charge is 0.496 e. The van der Waals surface area contributed by atoms with Crippen LogP contribution in [0.4, 0.5) is 5.95 Å². The molecule has 0 saturated carbocycles. The number of methoxy groups -OCH3 is 1. The van der Waals surface area contributed by atoms with Gasteiger partial charge in [-0.15, -0.1) is 0 Å². The zero-order chi connectivity index (χ0) is 10.8. The summed E-state index contributed by atoms with van der Waals surface area (Å²) in [5.74, 6) is 1.23. The van der Waals surface area contributed by atoms with Crippen molar-refractivity contribution in [3.63, 3.8) is 0 Å². The number of H-pyrrole nitrogens is 1. The van der Waals surface area contributed by atoms with E-state index in [0.717, 1.165) is 22.6 Å². The minimum absolute atomic E-state index is 0.412. The summed E-state index contributed by atoms with van der Waals surface area (Å²) in [6.45, 7) is 2.02.